The quantitative estimate of drug-likeness (QED) is 0.199. The summed E-state index contributed by atoms with van der Waals surface area (Å²) in [5, 5.41) is 26.5. The van der Waals surface area contributed by atoms with Crippen LogP contribution in [0.25, 0.3) is 11.2 Å². The Labute approximate surface area is 229 Å². The van der Waals surface area contributed by atoms with Crippen molar-refractivity contribution in [3.8, 4) is 0 Å². The molecule has 0 bridgehead atoms. The van der Waals surface area contributed by atoms with Gasteiger partial charge in [0.2, 0.25) is 5.91 Å². The molecule has 0 radical (unpaired) electrons. The van der Waals surface area contributed by atoms with Gasteiger partial charge in [0.15, 0.2) is 17.7 Å². The van der Waals surface area contributed by atoms with Gasteiger partial charge in [0.25, 0.3) is 0 Å². The van der Waals surface area contributed by atoms with Crippen LogP contribution in [0.5, 0.6) is 0 Å². The molecule has 1 fully saturated rings. The highest BCUT2D eigenvalue weighted by Crippen LogP contribution is 2.32. The molecule has 5 unspecified atom stereocenters. The average molecular weight is 548 g/mol. The Balaban J connectivity index is 1.31. The molecular formula is C27H29N7O6. The fraction of sp³-hybridized carbons (Fsp3) is 0.296. The van der Waals surface area contributed by atoms with E-state index in [1.807, 2.05) is 60.7 Å². The van der Waals surface area contributed by atoms with E-state index in [0.29, 0.717) is 11.2 Å². The van der Waals surface area contributed by atoms with Crippen LogP contribution in [0.2, 0.25) is 0 Å². The minimum atomic E-state index is -1.29. The normalized spacial score (nSPS) is 21.1. The van der Waals surface area contributed by atoms with E-state index in [2.05, 4.69) is 25.6 Å². The molecule has 13 nitrogen and oxygen atoms in total. The number of alkyl carbamates (subject to hydrolysis) is 1. The maximum absolute atomic E-state index is 13.5. The standard InChI is InChI=1S/C27H29N7O6/c28-23-21-24(30-14-29-23)34(15-31-21)26-22(36)20(19(12-35)40-26)33-25(37)18(11-16-7-3-1-4-8-16)32-27(38)39-13-17-9-5-2-6-10-17/h1-10,14-15,18-20,22,26,35-36H,11-13H2,(H,32,38)(H,33,37)(H2,28,29,30). The molecule has 2 aromatic heterocycles. The van der Waals surface area contributed by atoms with Gasteiger partial charge in [0.05, 0.1) is 19.0 Å². The molecule has 5 rings (SSSR count). The average Bonchev–Trinajstić information content (AvgIpc) is 3.54. The number of fused-ring (bicyclic) bond motifs is 1. The van der Waals surface area contributed by atoms with Gasteiger partial charge in [-0.25, -0.2) is 19.7 Å². The van der Waals surface area contributed by atoms with Gasteiger partial charge >= 0.3 is 6.09 Å². The lowest BCUT2D eigenvalue weighted by Gasteiger charge is -2.25. The molecule has 1 aliphatic rings. The zero-order chi connectivity index (χ0) is 28.1. The molecule has 2 aromatic carbocycles. The number of nitrogens with zero attached hydrogens (tertiary/aromatic N) is 4. The van der Waals surface area contributed by atoms with Crippen molar-refractivity contribution < 1.29 is 29.3 Å². The third kappa shape index (κ3) is 5.86. The minimum Gasteiger partial charge on any atom is -0.445 e. The summed E-state index contributed by atoms with van der Waals surface area (Å²) < 4.78 is 12.7. The maximum atomic E-state index is 13.5. The molecule has 0 aliphatic carbocycles. The molecule has 4 aromatic rings. The highest BCUT2D eigenvalue weighted by molar-refractivity contribution is 5.86. The zero-order valence-electron chi connectivity index (χ0n) is 21.3. The van der Waals surface area contributed by atoms with Gasteiger partial charge in [0, 0.05) is 6.42 Å². The second kappa shape index (κ2) is 12.1. The Morgan fingerprint density at radius 3 is 2.45 bits per heavy atom. The van der Waals surface area contributed by atoms with Gasteiger partial charge in [-0.05, 0) is 11.1 Å². The number of rotatable bonds is 9. The maximum Gasteiger partial charge on any atom is 0.408 e. The molecule has 1 aliphatic heterocycles. The summed E-state index contributed by atoms with van der Waals surface area (Å²) in [6.45, 7) is -0.457. The first kappa shape index (κ1) is 27.0. The Kier molecular flexibility index (Phi) is 8.15. The van der Waals surface area contributed by atoms with E-state index in [9.17, 15) is 19.8 Å². The number of nitrogen functional groups attached to an aromatic ring is 1. The number of ether oxygens (including phenoxy) is 2. The fourth-order valence-corrected chi connectivity index (χ4v) is 4.59. The Hall–Kier alpha value is -4.59. The van der Waals surface area contributed by atoms with Crippen LogP contribution in [0.3, 0.4) is 0 Å². The summed E-state index contributed by atoms with van der Waals surface area (Å²) in [6, 6.07) is 16.2. The lowest BCUT2D eigenvalue weighted by Crippen LogP contribution is -2.55. The number of imidazole rings is 1. The van der Waals surface area contributed by atoms with Crippen molar-refractivity contribution in [2.75, 3.05) is 12.3 Å². The number of anilines is 1. The van der Waals surface area contributed by atoms with Crippen molar-refractivity contribution in [1.29, 1.82) is 0 Å². The van der Waals surface area contributed by atoms with E-state index in [1.54, 1.807) is 0 Å². The number of carbonyl (C=O) groups excluding carboxylic acids is 2. The number of carbonyl (C=O) groups is 2. The summed E-state index contributed by atoms with van der Waals surface area (Å²) in [6.07, 6.45) is -1.24. The molecule has 208 valence electrons. The number of benzene rings is 2. The van der Waals surface area contributed by atoms with Crippen LogP contribution >= 0.6 is 0 Å². The Morgan fingerprint density at radius 1 is 1.05 bits per heavy atom. The van der Waals surface area contributed by atoms with Crippen LogP contribution in [-0.4, -0.2) is 72.6 Å². The minimum absolute atomic E-state index is 0.0305. The Bertz CT molecular complexity index is 1450. The SMILES string of the molecule is Nc1ncnc2c1ncn2C1OC(CO)C(NC(=O)C(Cc2ccccc2)NC(=O)OCc2ccccc2)C1O. The third-order valence-corrected chi connectivity index (χ3v) is 6.63. The number of aliphatic hydroxyl groups excluding tert-OH is 2. The van der Waals surface area contributed by atoms with Crippen molar-refractivity contribution in [3.05, 3.63) is 84.4 Å². The first-order valence-corrected chi connectivity index (χ1v) is 12.6. The number of nitrogens with two attached hydrogens (primary N) is 1. The molecule has 3 heterocycles. The third-order valence-electron chi connectivity index (χ3n) is 6.63. The van der Waals surface area contributed by atoms with Crippen LogP contribution in [0, 0.1) is 0 Å². The van der Waals surface area contributed by atoms with Crippen molar-refractivity contribution in [2.45, 2.75) is 43.5 Å². The van der Waals surface area contributed by atoms with Crippen molar-refractivity contribution in [2.24, 2.45) is 0 Å². The predicted molar refractivity (Wildman–Crippen MR) is 142 cm³/mol. The lowest BCUT2D eigenvalue weighted by atomic mass is 10.0. The van der Waals surface area contributed by atoms with E-state index < -0.39 is 49.1 Å². The number of hydrogen-bond donors (Lipinski definition) is 5. The van der Waals surface area contributed by atoms with E-state index in [4.69, 9.17) is 15.2 Å². The smallest absolute Gasteiger partial charge is 0.408 e. The van der Waals surface area contributed by atoms with E-state index in [1.165, 1.54) is 17.2 Å². The van der Waals surface area contributed by atoms with Crippen LogP contribution in [0.15, 0.2) is 73.3 Å². The van der Waals surface area contributed by atoms with E-state index in [-0.39, 0.29) is 18.8 Å². The van der Waals surface area contributed by atoms with Crippen LogP contribution < -0.4 is 16.4 Å². The molecule has 6 N–H and O–H groups in total. The summed E-state index contributed by atoms with van der Waals surface area (Å²) >= 11 is 0. The molecule has 5 atom stereocenters. The van der Waals surface area contributed by atoms with Crippen molar-refractivity contribution in [3.63, 3.8) is 0 Å². The zero-order valence-corrected chi connectivity index (χ0v) is 21.3. The first-order chi connectivity index (χ1) is 19.4. The number of aromatic nitrogens is 4. The summed E-state index contributed by atoms with van der Waals surface area (Å²) in [4.78, 5) is 38.4. The summed E-state index contributed by atoms with van der Waals surface area (Å²) in [5.41, 5.74) is 8.11. The molecular weight excluding hydrogens is 518 g/mol. The monoisotopic (exact) mass is 547 g/mol. The van der Waals surface area contributed by atoms with Crippen LogP contribution in [-0.2, 0) is 27.3 Å². The van der Waals surface area contributed by atoms with Crippen LogP contribution in [0.1, 0.15) is 17.4 Å². The molecule has 13 heteroatoms. The molecule has 2 amide bonds. The summed E-state index contributed by atoms with van der Waals surface area (Å²) in [7, 11) is 0. The lowest BCUT2D eigenvalue weighted by molar-refractivity contribution is -0.124. The van der Waals surface area contributed by atoms with Crippen molar-refractivity contribution in [1.82, 2.24) is 30.2 Å². The topological polar surface area (TPSA) is 187 Å². The van der Waals surface area contributed by atoms with Gasteiger partial charge in [-0.2, -0.15) is 0 Å². The number of hydrogen-bond acceptors (Lipinski definition) is 10. The van der Waals surface area contributed by atoms with Gasteiger partial charge in [-0.3, -0.25) is 9.36 Å². The molecule has 0 spiro atoms. The number of aliphatic hydroxyl groups is 2. The second-order valence-corrected chi connectivity index (χ2v) is 9.30. The molecule has 1 saturated heterocycles. The predicted octanol–water partition coefficient (Wildman–Crippen LogP) is 0.682. The van der Waals surface area contributed by atoms with Gasteiger partial charge < -0.3 is 36.1 Å². The van der Waals surface area contributed by atoms with E-state index >= 15 is 0 Å². The largest absolute Gasteiger partial charge is 0.445 e. The highest BCUT2D eigenvalue weighted by atomic mass is 16.6. The van der Waals surface area contributed by atoms with Crippen LogP contribution in [0.4, 0.5) is 10.6 Å². The number of nitrogens with one attached hydrogen (secondary N) is 2. The highest BCUT2D eigenvalue weighted by Gasteiger charge is 2.46. The molecule has 0 saturated carbocycles. The Morgan fingerprint density at radius 2 is 1.75 bits per heavy atom. The number of amides is 2. The van der Waals surface area contributed by atoms with Gasteiger partial charge in [0.1, 0.15) is 36.7 Å². The van der Waals surface area contributed by atoms with E-state index in [0.717, 1.165) is 11.1 Å². The summed E-state index contributed by atoms with van der Waals surface area (Å²) in [5.74, 6) is -0.428. The fourth-order valence-electron chi connectivity index (χ4n) is 4.59. The molecule has 40 heavy (non-hydrogen) atoms. The van der Waals surface area contributed by atoms with Crippen molar-refractivity contribution >= 4 is 29.0 Å². The van der Waals surface area contributed by atoms with Gasteiger partial charge in [-0.1, -0.05) is 60.7 Å². The second-order valence-electron chi connectivity index (χ2n) is 9.30. The van der Waals surface area contributed by atoms with Gasteiger partial charge in [-0.15, -0.1) is 0 Å². The first-order valence-electron chi connectivity index (χ1n) is 12.6.